The Kier molecular flexibility index (Phi) is 9.73. The van der Waals surface area contributed by atoms with E-state index in [2.05, 4.69) is 15.1 Å². The fraction of sp³-hybridized carbons (Fsp3) is 0.552. The summed E-state index contributed by atoms with van der Waals surface area (Å²) in [6, 6.07) is 15.7. The number of nitrogens with one attached hydrogen (secondary N) is 1. The van der Waals surface area contributed by atoms with Crippen LogP contribution in [-0.2, 0) is 20.9 Å². The number of aliphatic hydroxyl groups is 1. The average Bonchev–Trinajstić information content (AvgIpc) is 3.61. The maximum absolute atomic E-state index is 12.2. The number of aliphatic hydroxyl groups excluding tert-OH is 1. The number of nitrogens with zero attached hydrogens (tertiary/aromatic N) is 2. The second-order valence-corrected chi connectivity index (χ2v) is 13.0. The van der Waals surface area contributed by atoms with Gasteiger partial charge in [0.2, 0.25) is 0 Å². The molecule has 4 atom stereocenters. The maximum Gasteiger partial charge on any atom is 0.276 e. The van der Waals surface area contributed by atoms with E-state index in [1.54, 1.807) is 12.1 Å². The van der Waals surface area contributed by atoms with Crippen molar-refractivity contribution in [1.29, 1.82) is 0 Å². The van der Waals surface area contributed by atoms with Crippen molar-refractivity contribution < 1.29 is 19.4 Å². The highest BCUT2D eigenvalue weighted by molar-refractivity contribution is 6.76. The zero-order chi connectivity index (χ0) is 27.4. The van der Waals surface area contributed by atoms with Gasteiger partial charge in [0.25, 0.3) is 9.70 Å². The van der Waals surface area contributed by atoms with Crippen LogP contribution >= 0.6 is 34.8 Å². The van der Waals surface area contributed by atoms with Crippen LogP contribution in [0.2, 0.25) is 0 Å². The topological polar surface area (TPSA) is 74.3 Å². The second-order valence-electron chi connectivity index (χ2n) is 10.7. The van der Waals surface area contributed by atoms with Crippen molar-refractivity contribution in [3.63, 3.8) is 0 Å². The first-order chi connectivity index (χ1) is 18.8. The van der Waals surface area contributed by atoms with E-state index >= 15 is 0 Å². The van der Waals surface area contributed by atoms with Gasteiger partial charge in [-0.05, 0) is 68.6 Å². The van der Waals surface area contributed by atoms with Gasteiger partial charge >= 0.3 is 0 Å². The van der Waals surface area contributed by atoms with E-state index in [9.17, 15) is 9.90 Å². The number of rotatable bonds is 8. The molecule has 39 heavy (non-hydrogen) atoms. The van der Waals surface area contributed by atoms with Gasteiger partial charge in [-0.2, -0.15) is 0 Å². The summed E-state index contributed by atoms with van der Waals surface area (Å²) in [6.45, 7) is 5.46. The van der Waals surface area contributed by atoms with Crippen molar-refractivity contribution in [2.45, 2.75) is 67.0 Å². The molecule has 7 nitrogen and oxygen atoms in total. The van der Waals surface area contributed by atoms with Crippen molar-refractivity contribution in [1.82, 2.24) is 9.80 Å². The van der Waals surface area contributed by atoms with Gasteiger partial charge in [-0.25, -0.2) is 0 Å². The van der Waals surface area contributed by atoms with E-state index in [-0.39, 0.29) is 18.8 Å². The number of carbonyl (C=O) groups is 1. The number of likely N-dealkylation sites (tertiary alicyclic amines) is 2. The molecule has 0 aromatic heterocycles. The van der Waals surface area contributed by atoms with Gasteiger partial charge < -0.3 is 24.8 Å². The molecule has 0 spiro atoms. The summed E-state index contributed by atoms with van der Waals surface area (Å²) < 4.78 is 11.0. The number of amides is 1. The van der Waals surface area contributed by atoms with Crippen LogP contribution in [0, 0.1) is 0 Å². The molecule has 3 heterocycles. The lowest BCUT2D eigenvalue weighted by molar-refractivity contribution is -0.253. The third-order valence-corrected chi connectivity index (χ3v) is 8.41. The minimum Gasteiger partial charge on any atom is -0.392 e. The van der Waals surface area contributed by atoms with Crippen LogP contribution in [0.1, 0.15) is 61.2 Å². The van der Waals surface area contributed by atoms with Crippen LogP contribution < -0.4 is 5.32 Å². The summed E-state index contributed by atoms with van der Waals surface area (Å²) in [6.07, 6.45) is 4.92. The SMILES string of the molecule is O=C(Nc1cccc(C2OC(CN3CCCC3CN3CCCC3)CC(c3ccc(CO)cc3)O2)c1)C(Cl)(Cl)Cl. The normalized spacial score (nSPS) is 26.7. The molecule has 4 unspecified atom stereocenters. The van der Waals surface area contributed by atoms with Crippen molar-refractivity contribution in [2.24, 2.45) is 0 Å². The quantitative estimate of drug-likeness (QED) is 0.387. The number of carbonyl (C=O) groups excluding carboxylic acids is 1. The van der Waals surface area contributed by atoms with Crippen molar-refractivity contribution in [3.05, 3.63) is 65.2 Å². The van der Waals surface area contributed by atoms with Crippen molar-refractivity contribution in [3.8, 4) is 0 Å². The highest BCUT2D eigenvalue weighted by atomic mass is 35.6. The molecule has 3 aliphatic heterocycles. The smallest absolute Gasteiger partial charge is 0.276 e. The van der Waals surface area contributed by atoms with Crippen LogP contribution in [0.3, 0.4) is 0 Å². The van der Waals surface area contributed by atoms with Gasteiger partial charge in [0, 0.05) is 36.8 Å². The van der Waals surface area contributed by atoms with Crippen LogP contribution in [0.15, 0.2) is 48.5 Å². The monoisotopic (exact) mass is 595 g/mol. The predicted molar refractivity (Wildman–Crippen MR) is 154 cm³/mol. The molecule has 2 N–H and O–H groups in total. The zero-order valence-electron chi connectivity index (χ0n) is 21.9. The Hall–Kier alpha value is -1.42. The molecule has 3 saturated heterocycles. The van der Waals surface area contributed by atoms with E-state index in [0.29, 0.717) is 11.7 Å². The Morgan fingerprint density at radius 2 is 1.74 bits per heavy atom. The molecule has 0 bridgehead atoms. The van der Waals surface area contributed by atoms with Crippen LogP contribution in [0.5, 0.6) is 0 Å². The minimum atomic E-state index is -2.06. The van der Waals surface area contributed by atoms with Crippen molar-refractivity contribution in [2.75, 3.05) is 38.0 Å². The number of anilines is 1. The number of alkyl halides is 3. The third-order valence-electron chi connectivity index (χ3n) is 7.89. The lowest BCUT2D eigenvalue weighted by atomic mass is 9.99. The predicted octanol–water partition coefficient (Wildman–Crippen LogP) is 5.59. The van der Waals surface area contributed by atoms with Gasteiger partial charge in [-0.1, -0.05) is 71.2 Å². The van der Waals surface area contributed by atoms with Gasteiger partial charge in [0.05, 0.1) is 18.8 Å². The molecule has 0 aliphatic carbocycles. The van der Waals surface area contributed by atoms with Crippen molar-refractivity contribution >= 4 is 46.4 Å². The molecule has 1 amide bonds. The van der Waals surface area contributed by atoms with Crippen LogP contribution in [0.25, 0.3) is 0 Å². The van der Waals surface area contributed by atoms with Crippen LogP contribution in [0.4, 0.5) is 5.69 Å². The highest BCUT2D eigenvalue weighted by Crippen LogP contribution is 2.39. The third kappa shape index (κ3) is 7.66. The lowest BCUT2D eigenvalue weighted by Gasteiger charge is -2.39. The van der Waals surface area contributed by atoms with E-state index in [4.69, 9.17) is 44.3 Å². The summed E-state index contributed by atoms with van der Waals surface area (Å²) in [5, 5.41) is 12.1. The second kappa shape index (κ2) is 13.0. The van der Waals surface area contributed by atoms with E-state index in [1.807, 2.05) is 36.4 Å². The summed E-state index contributed by atoms with van der Waals surface area (Å²) in [4.78, 5) is 17.4. The molecular weight excluding hydrogens is 561 g/mol. The molecule has 0 radical (unpaired) electrons. The molecule has 3 aliphatic rings. The average molecular weight is 597 g/mol. The van der Waals surface area contributed by atoms with E-state index in [1.165, 1.54) is 38.8 Å². The Balaban J connectivity index is 1.34. The Morgan fingerprint density at radius 1 is 0.974 bits per heavy atom. The fourth-order valence-electron chi connectivity index (χ4n) is 5.87. The van der Waals surface area contributed by atoms with Gasteiger partial charge in [0.1, 0.15) is 0 Å². The Bertz CT molecular complexity index is 1110. The van der Waals surface area contributed by atoms with Gasteiger partial charge in [0.15, 0.2) is 6.29 Å². The maximum atomic E-state index is 12.2. The summed E-state index contributed by atoms with van der Waals surface area (Å²) >= 11 is 17.2. The van der Waals surface area contributed by atoms with E-state index in [0.717, 1.165) is 42.7 Å². The minimum absolute atomic E-state index is 0.000234. The molecule has 212 valence electrons. The molecule has 0 saturated carbocycles. The first-order valence-corrected chi connectivity index (χ1v) is 14.9. The molecule has 5 rings (SSSR count). The Morgan fingerprint density at radius 3 is 2.46 bits per heavy atom. The molecule has 10 heteroatoms. The number of halogens is 3. The summed E-state index contributed by atoms with van der Waals surface area (Å²) in [7, 11) is 0. The molecule has 2 aromatic rings. The molecule has 3 fully saturated rings. The number of benzene rings is 2. The fourth-order valence-corrected chi connectivity index (χ4v) is 6.01. The number of ether oxygens (including phenoxy) is 2. The molecule has 2 aromatic carbocycles. The highest BCUT2D eigenvalue weighted by Gasteiger charge is 2.36. The zero-order valence-corrected chi connectivity index (χ0v) is 24.2. The number of hydrogen-bond donors (Lipinski definition) is 2. The van der Waals surface area contributed by atoms with Gasteiger partial charge in [-0.15, -0.1) is 0 Å². The van der Waals surface area contributed by atoms with Crippen LogP contribution in [-0.4, -0.2) is 69.5 Å². The first-order valence-electron chi connectivity index (χ1n) is 13.7. The molecular formula is C29H36Cl3N3O4. The summed E-state index contributed by atoms with van der Waals surface area (Å²) in [5.41, 5.74) is 3.17. The van der Waals surface area contributed by atoms with E-state index < -0.39 is 16.0 Å². The summed E-state index contributed by atoms with van der Waals surface area (Å²) in [5.74, 6) is -0.729. The first kappa shape index (κ1) is 29.1. The van der Waals surface area contributed by atoms with Gasteiger partial charge in [-0.3, -0.25) is 9.69 Å². The standard InChI is InChI=1S/C29H36Cl3N3O4/c30-29(31,32)28(37)33-23-6-3-5-22(15-23)27-38-25(16-26(39-27)21-10-8-20(19-36)9-11-21)18-35-14-4-7-24(35)17-34-12-1-2-13-34/h3,5-6,8-11,15,24-27,36H,1-2,4,7,12-14,16-19H2,(H,33,37). The lowest BCUT2D eigenvalue weighted by Crippen LogP contribution is -2.45. The Labute approximate surface area is 245 Å². The largest absolute Gasteiger partial charge is 0.392 e. The number of hydrogen-bond acceptors (Lipinski definition) is 6.